The van der Waals surface area contributed by atoms with Gasteiger partial charge in [0.2, 0.25) is 5.91 Å². The Hall–Kier alpha value is -0.570. The van der Waals surface area contributed by atoms with Gasteiger partial charge in [-0.1, -0.05) is 19.8 Å². The van der Waals surface area contributed by atoms with Gasteiger partial charge in [-0.15, -0.1) is 0 Å². The highest BCUT2D eigenvalue weighted by Crippen LogP contribution is 2.45. The van der Waals surface area contributed by atoms with Gasteiger partial charge < -0.3 is 10.4 Å². The first kappa shape index (κ1) is 10.5. The molecule has 0 aromatic rings. The molecule has 0 aliphatic heterocycles. The van der Waals surface area contributed by atoms with Crippen LogP contribution in [-0.2, 0) is 4.79 Å². The zero-order chi connectivity index (χ0) is 9.73. The molecule has 1 amide bonds. The van der Waals surface area contributed by atoms with Crippen molar-refractivity contribution >= 4 is 5.91 Å². The zero-order valence-corrected chi connectivity index (χ0v) is 8.31. The predicted molar refractivity (Wildman–Crippen MR) is 51.3 cm³/mol. The third kappa shape index (κ3) is 2.69. The summed E-state index contributed by atoms with van der Waals surface area (Å²) in [6.45, 7) is 2.90. The van der Waals surface area contributed by atoms with Crippen molar-refractivity contribution in [3.05, 3.63) is 0 Å². The van der Waals surface area contributed by atoms with Crippen LogP contribution >= 0.6 is 0 Å². The minimum atomic E-state index is -0.397. The van der Waals surface area contributed by atoms with Crippen LogP contribution in [0, 0.1) is 5.41 Å². The molecule has 1 aliphatic rings. The van der Waals surface area contributed by atoms with Crippen LogP contribution in [0.4, 0.5) is 0 Å². The Labute approximate surface area is 79.5 Å². The van der Waals surface area contributed by atoms with E-state index in [1.54, 1.807) is 0 Å². The van der Waals surface area contributed by atoms with E-state index in [1.165, 1.54) is 6.42 Å². The lowest BCUT2D eigenvalue weighted by Gasteiger charge is -2.11. The van der Waals surface area contributed by atoms with Gasteiger partial charge in [-0.05, 0) is 19.3 Å². The van der Waals surface area contributed by atoms with Gasteiger partial charge in [-0.2, -0.15) is 0 Å². The van der Waals surface area contributed by atoms with E-state index in [-0.39, 0.29) is 12.5 Å². The minimum absolute atomic E-state index is 0.00656. The fourth-order valence-corrected chi connectivity index (χ4v) is 1.37. The maximum absolute atomic E-state index is 11.5. The summed E-state index contributed by atoms with van der Waals surface area (Å²) in [4.78, 5) is 11.5. The molecule has 0 bridgehead atoms. The molecule has 3 nitrogen and oxygen atoms in total. The van der Waals surface area contributed by atoms with Gasteiger partial charge in [0.1, 0.15) is 0 Å². The summed E-state index contributed by atoms with van der Waals surface area (Å²) < 4.78 is 0. The Morgan fingerprint density at radius 1 is 1.46 bits per heavy atom. The lowest BCUT2D eigenvalue weighted by molar-refractivity contribution is -0.127. The minimum Gasteiger partial charge on any atom is -0.395 e. The predicted octanol–water partition coefficient (Wildman–Crippen LogP) is 1.07. The normalized spacial score (nSPS) is 18.3. The molecular formula is C10H19NO2. The number of carbonyl (C=O) groups is 1. The molecule has 2 N–H and O–H groups in total. The molecule has 0 heterocycles. The summed E-state index contributed by atoms with van der Waals surface area (Å²) in [7, 11) is 0. The van der Waals surface area contributed by atoms with E-state index >= 15 is 0 Å². The molecular weight excluding hydrogens is 166 g/mol. The molecule has 76 valence electrons. The quantitative estimate of drug-likeness (QED) is 0.608. The number of hydrogen-bond donors (Lipinski definition) is 2. The fraction of sp³-hybridized carbons (Fsp3) is 0.900. The van der Waals surface area contributed by atoms with E-state index < -0.39 is 5.41 Å². The van der Waals surface area contributed by atoms with Crippen LogP contribution in [0.15, 0.2) is 0 Å². The van der Waals surface area contributed by atoms with Crippen LogP contribution in [0.2, 0.25) is 0 Å². The van der Waals surface area contributed by atoms with Crippen molar-refractivity contribution in [2.75, 3.05) is 13.2 Å². The van der Waals surface area contributed by atoms with Crippen molar-refractivity contribution in [1.29, 1.82) is 0 Å². The van der Waals surface area contributed by atoms with Crippen molar-refractivity contribution in [1.82, 2.24) is 5.32 Å². The van der Waals surface area contributed by atoms with Crippen LogP contribution in [-0.4, -0.2) is 24.2 Å². The molecule has 0 spiro atoms. The zero-order valence-electron chi connectivity index (χ0n) is 8.31. The standard InChI is InChI=1S/C10H19NO2/c1-2-3-4-7-11-9(13)10(8-12)5-6-10/h12H,2-8H2,1H3,(H,11,13). The molecule has 1 rings (SSSR count). The lowest BCUT2D eigenvalue weighted by Crippen LogP contribution is -2.34. The molecule has 0 saturated heterocycles. The second kappa shape index (κ2) is 4.61. The monoisotopic (exact) mass is 185 g/mol. The maximum atomic E-state index is 11.5. The van der Waals surface area contributed by atoms with E-state index in [9.17, 15) is 4.79 Å². The Morgan fingerprint density at radius 3 is 2.62 bits per heavy atom. The van der Waals surface area contributed by atoms with Crippen LogP contribution in [0.5, 0.6) is 0 Å². The molecule has 1 saturated carbocycles. The van der Waals surface area contributed by atoms with Gasteiger partial charge in [-0.3, -0.25) is 4.79 Å². The summed E-state index contributed by atoms with van der Waals surface area (Å²) in [5.74, 6) is 0.0473. The third-order valence-electron chi connectivity index (χ3n) is 2.70. The number of rotatable bonds is 6. The topological polar surface area (TPSA) is 49.3 Å². The molecule has 0 aromatic carbocycles. The Kier molecular flexibility index (Phi) is 3.72. The van der Waals surface area contributed by atoms with E-state index in [1.807, 2.05) is 0 Å². The first-order chi connectivity index (χ1) is 6.25. The second-order valence-corrected chi connectivity index (χ2v) is 3.90. The average molecular weight is 185 g/mol. The van der Waals surface area contributed by atoms with Gasteiger partial charge >= 0.3 is 0 Å². The lowest BCUT2D eigenvalue weighted by atomic mass is 10.1. The largest absolute Gasteiger partial charge is 0.395 e. The highest BCUT2D eigenvalue weighted by Gasteiger charge is 2.48. The van der Waals surface area contributed by atoms with Crippen molar-refractivity contribution < 1.29 is 9.90 Å². The number of aliphatic hydroxyl groups excluding tert-OH is 1. The van der Waals surface area contributed by atoms with Gasteiger partial charge in [0.15, 0.2) is 0 Å². The van der Waals surface area contributed by atoms with E-state index in [4.69, 9.17) is 5.11 Å². The summed E-state index contributed by atoms with van der Waals surface area (Å²) in [5, 5.41) is 11.8. The van der Waals surface area contributed by atoms with Gasteiger partial charge in [-0.25, -0.2) is 0 Å². The number of hydrogen-bond acceptors (Lipinski definition) is 2. The number of aliphatic hydroxyl groups is 1. The van der Waals surface area contributed by atoms with Crippen LogP contribution in [0.1, 0.15) is 39.0 Å². The summed E-state index contributed by atoms with van der Waals surface area (Å²) in [6, 6.07) is 0. The van der Waals surface area contributed by atoms with E-state index in [0.29, 0.717) is 0 Å². The van der Waals surface area contributed by atoms with Crippen molar-refractivity contribution in [2.24, 2.45) is 5.41 Å². The molecule has 0 radical (unpaired) electrons. The fourth-order valence-electron chi connectivity index (χ4n) is 1.37. The van der Waals surface area contributed by atoms with Gasteiger partial charge in [0, 0.05) is 6.54 Å². The Bertz CT molecular complexity index is 176. The van der Waals surface area contributed by atoms with Gasteiger partial charge in [0.25, 0.3) is 0 Å². The molecule has 0 aromatic heterocycles. The molecule has 0 atom stereocenters. The Balaban J connectivity index is 2.11. The number of carbonyl (C=O) groups excluding carboxylic acids is 1. The highest BCUT2D eigenvalue weighted by molar-refractivity contribution is 5.85. The molecule has 0 unspecified atom stereocenters. The molecule has 3 heteroatoms. The first-order valence-corrected chi connectivity index (χ1v) is 5.14. The first-order valence-electron chi connectivity index (χ1n) is 5.14. The van der Waals surface area contributed by atoms with Crippen LogP contribution in [0.3, 0.4) is 0 Å². The van der Waals surface area contributed by atoms with Crippen LogP contribution in [0.25, 0.3) is 0 Å². The highest BCUT2D eigenvalue weighted by atomic mass is 16.3. The summed E-state index contributed by atoms with van der Waals surface area (Å²) in [6.07, 6.45) is 5.07. The molecule has 1 fully saturated rings. The Morgan fingerprint density at radius 2 is 2.15 bits per heavy atom. The van der Waals surface area contributed by atoms with Crippen molar-refractivity contribution in [2.45, 2.75) is 39.0 Å². The van der Waals surface area contributed by atoms with Gasteiger partial charge in [0.05, 0.1) is 12.0 Å². The van der Waals surface area contributed by atoms with Crippen molar-refractivity contribution in [3.8, 4) is 0 Å². The van der Waals surface area contributed by atoms with Crippen molar-refractivity contribution in [3.63, 3.8) is 0 Å². The average Bonchev–Trinajstić information content (AvgIpc) is 2.93. The van der Waals surface area contributed by atoms with Crippen LogP contribution < -0.4 is 5.32 Å². The smallest absolute Gasteiger partial charge is 0.228 e. The SMILES string of the molecule is CCCCCNC(=O)C1(CO)CC1. The van der Waals surface area contributed by atoms with E-state index in [2.05, 4.69) is 12.2 Å². The summed E-state index contributed by atoms with van der Waals surface area (Å²) in [5.41, 5.74) is -0.397. The second-order valence-electron chi connectivity index (χ2n) is 3.90. The number of amides is 1. The number of unbranched alkanes of at least 4 members (excludes halogenated alkanes) is 2. The number of nitrogens with one attached hydrogen (secondary N) is 1. The molecule has 1 aliphatic carbocycles. The summed E-state index contributed by atoms with van der Waals surface area (Å²) >= 11 is 0. The molecule has 13 heavy (non-hydrogen) atoms. The van der Waals surface area contributed by atoms with E-state index in [0.717, 1.165) is 32.2 Å². The maximum Gasteiger partial charge on any atom is 0.228 e. The third-order valence-corrected chi connectivity index (χ3v) is 2.70.